The summed E-state index contributed by atoms with van der Waals surface area (Å²) in [6, 6.07) is 44.0. The molecule has 0 amide bonds. The predicted molar refractivity (Wildman–Crippen MR) is 137 cm³/mol. The first-order valence-electron chi connectivity index (χ1n) is 10.5. The Kier molecular flexibility index (Phi) is 10.1. The van der Waals surface area contributed by atoms with Crippen LogP contribution in [0.5, 0.6) is 0 Å². The summed E-state index contributed by atoms with van der Waals surface area (Å²) in [5, 5.41) is 5.83. The quantitative estimate of drug-likeness (QED) is 0.105. The van der Waals surface area contributed by atoms with Gasteiger partial charge in [-0.1, -0.05) is 138 Å². The molecule has 0 aromatic heterocycles. The molecule has 0 saturated carbocycles. The third kappa shape index (κ3) is 6.94. The van der Waals surface area contributed by atoms with Crippen molar-refractivity contribution in [1.82, 2.24) is 0 Å². The zero-order chi connectivity index (χ0) is 20.4. The summed E-state index contributed by atoms with van der Waals surface area (Å²) in [7, 11) is -0.711. The number of benzene rings is 4. The van der Waals surface area contributed by atoms with Gasteiger partial charge in [0.05, 0.1) is 0 Å². The summed E-state index contributed by atoms with van der Waals surface area (Å²) in [6.07, 6.45) is 6.16. The van der Waals surface area contributed by atoms with Gasteiger partial charge in [-0.15, -0.1) is 0 Å². The minimum Gasteiger partial charge on any atom is -0.294 e. The molecule has 160 valence electrons. The van der Waals surface area contributed by atoms with Crippen LogP contribution in [0, 0.1) is 6.16 Å². The molecule has 4 aromatic rings. The van der Waals surface area contributed by atoms with Gasteiger partial charge in [0.25, 0.3) is 0 Å². The van der Waals surface area contributed by atoms with E-state index in [1.54, 1.807) is 0 Å². The van der Waals surface area contributed by atoms with E-state index in [-0.39, 0.29) is 28.3 Å². The van der Waals surface area contributed by atoms with Gasteiger partial charge >= 0.3 is 0 Å². The van der Waals surface area contributed by atoms with Crippen molar-refractivity contribution < 1.29 is 20.4 Å². The molecule has 0 aliphatic rings. The number of rotatable bonds is 9. The van der Waals surface area contributed by atoms with Crippen molar-refractivity contribution in [1.29, 1.82) is 0 Å². The van der Waals surface area contributed by atoms with Gasteiger partial charge in [-0.2, -0.15) is 6.42 Å². The summed E-state index contributed by atoms with van der Waals surface area (Å²) >= 11 is 0. The molecule has 0 atom stereocenters. The van der Waals surface area contributed by atoms with Gasteiger partial charge in [-0.3, -0.25) is 6.16 Å². The van der Waals surface area contributed by atoms with Crippen molar-refractivity contribution in [2.24, 2.45) is 0 Å². The van der Waals surface area contributed by atoms with E-state index >= 15 is 0 Å². The number of hydrogen-bond donors (Lipinski definition) is 0. The topological polar surface area (TPSA) is 0 Å². The van der Waals surface area contributed by atoms with Crippen LogP contribution < -0.4 is 21.2 Å². The molecule has 0 aliphatic carbocycles. The third-order valence-corrected chi connectivity index (χ3v) is 10.0. The van der Waals surface area contributed by atoms with Crippen LogP contribution >= 0.6 is 15.8 Å². The minimum atomic E-state index is -0.408. The Morgan fingerprint density at radius 3 is 1.23 bits per heavy atom. The monoisotopic (exact) mass is 531 g/mol. The van der Waals surface area contributed by atoms with Crippen molar-refractivity contribution in [2.75, 3.05) is 6.16 Å². The molecular weight excluding hydrogens is 505 g/mol. The summed E-state index contributed by atoms with van der Waals surface area (Å²) < 4.78 is 0. The summed E-state index contributed by atoms with van der Waals surface area (Å²) in [5.74, 6) is 0. The van der Waals surface area contributed by atoms with E-state index in [1.807, 2.05) is 0 Å². The Hall–Kier alpha value is -1.60. The van der Waals surface area contributed by atoms with Crippen LogP contribution in [0.3, 0.4) is 0 Å². The maximum absolute atomic E-state index is 2.57. The molecule has 31 heavy (non-hydrogen) atoms. The first-order chi connectivity index (χ1) is 14.9. The van der Waals surface area contributed by atoms with E-state index in [4.69, 9.17) is 0 Å². The van der Waals surface area contributed by atoms with Gasteiger partial charge in [-0.05, 0) is 24.7 Å². The molecule has 0 nitrogen and oxygen atoms in total. The van der Waals surface area contributed by atoms with Crippen LogP contribution in [0.4, 0.5) is 0 Å². The maximum Gasteiger partial charge on any atom is 0 e. The molecule has 0 N–H and O–H groups in total. The van der Waals surface area contributed by atoms with Crippen LogP contribution in [-0.2, 0) is 20.4 Å². The molecule has 0 radical (unpaired) electrons. The molecule has 4 rings (SSSR count). The summed E-state index contributed by atoms with van der Waals surface area (Å²) in [4.78, 5) is 0. The van der Waals surface area contributed by atoms with Gasteiger partial charge in [0.2, 0.25) is 0 Å². The van der Waals surface area contributed by atoms with Crippen molar-refractivity contribution >= 4 is 37.1 Å². The molecule has 0 fully saturated rings. The van der Waals surface area contributed by atoms with Crippen molar-refractivity contribution in [3.63, 3.8) is 0 Å². The normalized spacial score (nSPS) is 10.8. The summed E-state index contributed by atoms with van der Waals surface area (Å²) in [6.45, 7) is 0. The minimum absolute atomic E-state index is 0. The molecule has 3 heteroatoms. The van der Waals surface area contributed by atoms with Crippen molar-refractivity contribution in [3.05, 3.63) is 127 Å². The van der Waals surface area contributed by atoms with Gasteiger partial charge in [-0.25, -0.2) is 7.92 Å². The predicted octanol–water partition coefficient (Wildman–Crippen LogP) is 6.19. The second-order valence-corrected chi connectivity index (χ2v) is 11.7. The van der Waals surface area contributed by atoms with Gasteiger partial charge < -0.3 is 0 Å². The molecule has 0 bridgehead atoms. The van der Waals surface area contributed by atoms with Crippen molar-refractivity contribution in [3.8, 4) is 0 Å². The molecule has 0 heterocycles. The first kappa shape index (κ1) is 24.1. The Morgan fingerprint density at radius 2 is 0.839 bits per heavy atom. The fourth-order valence-corrected chi connectivity index (χ4v) is 8.15. The van der Waals surface area contributed by atoms with E-state index in [2.05, 4.69) is 127 Å². The van der Waals surface area contributed by atoms with Crippen LogP contribution in [0.25, 0.3) is 0 Å². The zero-order valence-corrected chi connectivity index (χ0v) is 20.8. The Balaban J connectivity index is 0.00000272. The zero-order valence-electron chi connectivity index (χ0n) is 17.5. The molecule has 0 spiro atoms. The van der Waals surface area contributed by atoms with E-state index in [0.717, 1.165) is 6.42 Å². The van der Waals surface area contributed by atoms with E-state index in [0.29, 0.717) is 0 Å². The third-order valence-electron chi connectivity index (χ3n) is 5.10. The number of hydrogen-bond acceptors (Lipinski definition) is 0. The Labute approximate surface area is 203 Å². The van der Waals surface area contributed by atoms with Gasteiger partial charge in [0.15, 0.2) is 0 Å². The largest absolute Gasteiger partial charge is 0.294 e. The maximum atomic E-state index is 2.57. The van der Waals surface area contributed by atoms with Gasteiger partial charge in [0.1, 0.15) is 0 Å². The van der Waals surface area contributed by atoms with E-state index in [9.17, 15) is 0 Å². The van der Waals surface area contributed by atoms with Crippen LogP contribution in [-0.4, -0.2) is 6.16 Å². The average molecular weight is 532 g/mol. The van der Waals surface area contributed by atoms with Crippen molar-refractivity contribution in [2.45, 2.75) is 12.8 Å². The second kappa shape index (κ2) is 13.1. The Bertz CT molecular complexity index is 828. The second-order valence-electron chi connectivity index (χ2n) is 7.19. The molecular formula is C28H27P2Pd-. The van der Waals surface area contributed by atoms with Crippen LogP contribution in [0.15, 0.2) is 121 Å². The average Bonchev–Trinajstić information content (AvgIpc) is 2.84. The standard InChI is InChI=1S/C28H27P2.Pd/c1-5-15-25(16-6-1)29(26-17-7-2-8-18-26)23-13-14-24-30(27-19-9-3-10-20-27)28-21-11-4-12-22-28;/h1-12,15-23H,13-14,24H2;/q-1;. The number of unbranched alkanes of at least 4 members (excludes halogenated alkanes) is 1. The molecule has 4 aromatic carbocycles. The molecule has 0 unspecified atom stereocenters. The van der Waals surface area contributed by atoms with Crippen LogP contribution in [0.2, 0.25) is 0 Å². The smallest absolute Gasteiger partial charge is 0 e. The SMILES string of the molecule is [Pd].c1ccc(P([CH-]CCCP(c2ccccc2)c2ccccc2)c2ccccc2)cc1. The Morgan fingerprint density at radius 1 is 0.484 bits per heavy atom. The van der Waals surface area contributed by atoms with E-state index in [1.165, 1.54) is 33.8 Å². The fourth-order valence-electron chi connectivity index (χ4n) is 3.63. The van der Waals surface area contributed by atoms with Crippen LogP contribution in [0.1, 0.15) is 12.8 Å². The first-order valence-corrected chi connectivity index (χ1v) is 13.5. The molecule has 0 aliphatic heterocycles. The summed E-state index contributed by atoms with van der Waals surface area (Å²) in [5.41, 5.74) is 0. The molecule has 0 saturated heterocycles. The van der Waals surface area contributed by atoms with E-state index < -0.39 is 7.92 Å². The van der Waals surface area contributed by atoms with Gasteiger partial charge in [0, 0.05) is 20.4 Å². The fraction of sp³-hybridized carbons (Fsp3) is 0.107.